The number of benzene rings is 3. The molecule has 226 valence electrons. The number of carbonyl (C=O) groups excluding carboxylic acids is 2. The molecule has 1 atom stereocenters. The van der Waals surface area contributed by atoms with E-state index in [1.165, 1.54) is 11.6 Å². The van der Waals surface area contributed by atoms with Gasteiger partial charge in [0.2, 0.25) is 0 Å². The molecule has 0 aromatic heterocycles. The van der Waals surface area contributed by atoms with Gasteiger partial charge in [-0.3, -0.25) is 9.59 Å². The van der Waals surface area contributed by atoms with Crippen LogP contribution in [0.5, 0.6) is 5.75 Å². The summed E-state index contributed by atoms with van der Waals surface area (Å²) in [4.78, 5) is 26.9. The lowest BCUT2D eigenvalue weighted by Gasteiger charge is -2.30. The highest BCUT2D eigenvalue weighted by Gasteiger charge is 2.41. The number of carbonyl (C=O) groups is 2. The summed E-state index contributed by atoms with van der Waals surface area (Å²) in [6.45, 7) is 12.7. The summed E-state index contributed by atoms with van der Waals surface area (Å²) in [5, 5.41) is 25.1. The van der Waals surface area contributed by atoms with Crippen molar-refractivity contribution in [2.75, 3.05) is 17.3 Å². The molecule has 1 unspecified atom stereocenters. The van der Waals surface area contributed by atoms with Crippen LogP contribution in [-0.2, 0) is 20.4 Å². The Morgan fingerprint density at radius 2 is 1.67 bits per heavy atom. The maximum absolute atomic E-state index is 13.4. The van der Waals surface area contributed by atoms with Crippen LogP contribution in [0.25, 0.3) is 0 Å². The Bertz CT molecular complexity index is 1550. The van der Waals surface area contributed by atoms with Gasteiger partial charge >= 0.3 is 0 Å². The minimum atomic E-state index is -1.40. The zero-order valence-electron chi connectivity index (χ0n) is 25.6. The minimum Gasteiger partial charge on any atom is -0.594 e. The quantitative estimate of drug-likeness (QED) is 0.127. The van der Waals surface area contributed by atoms with Crippen LogP contribution >= 0.6 is 0 Å². The average Bonchev–Trinajstić information content (AvgIpc) is 3.30. The highest BCUT2D eigenvalue weighted by molar-refractivity contribution is 6.21. The van der Waals surface area contributed by atoms with Crippen molar-refractivity contribution >= 4 is 34.7 Å². The predicted octanol–water partition coefficient (Wildman–Crippen LogP) is 6.16. The van der Waals surface area contributed by atoms with Crippen LogP contribution in [0.3, 0.4) is 0 Å². The summed E-state index contributed by atoms with van der Waals surface area (Å²) in [6, 6.07) is 19.8. The molecule has 3 N–H and O–H groups in total. The van der Waals surface area contributed by atoms with E-state index in [-0.39, 0.29) is 39.5 Å². The van der Waals surface area contributed by atoms with E-state index >= 15 is 0 Å². The molecule has 3 aromatic carbocycles. The molecule has 0 radical (unpaired) electrons. The van der Waals surface area contributed by atoms with Gasteiger partial charge in [-0.1, -0.05) is 88.9 Å². The Morgan fingerprint density at radius 1 is 1.02 bits per heavy atom. The molecule has 2 amide bonds. The number of amides is 2. The third-order valence-electron chi connectivity index (χ3n) is 8.16. The normalized spacial score (nSPS) is 15.8. The molecule has 0 saturated heterocycles. The van der Waals surface area contributed by atoms with Gasteiger partial charge in [-0.05, 0) is 58.6 Å². The zero-order valence-corrected chi connectivity index (χ0v) is 25.6. The number of hydrazone groups is 1. The molecule has 4 rings (SSSR count). The number of nitrogens with zero attached hydrogens (tertiary/aromatic N) is 4. The fraction of sp³-hybridized carbons (Fsp3) is 0.364. The molecule has 0 spiro atoms. The Morgan fingerprint density at radius 3 is 2.33 bits per heavy atom. The first-order chi connectivity index (χ1) is 20.4. The van der Waals surface area contributed by atoms with Crippen LogP contribution in [0.2, 0.25) is 0 Å². The van der Waals surface area contributed by atoms with Gasteiger partial charge in [-0.2, -0.15) is 5.01 Å². The molecule has 0 saturated carbocycles. The van der Waals surface area contributed by atoms with E-state index in [1.54, 1.807) is 48.5 Å². The van der Waals surface area contributed by atoms with E-state index < -0.39 is 17.9 Å². The van der Waals surface area contributed by atoms with Crippen LogP contribution in [0.4, 0.5) is 17.1 Å². The van der Waals surface area contributed by atoms with Crippen molar-refractivity contribution in [1.82, 2.24) is 5.32 Å². The third kappa shape index (κ3) is 6.85. The van der Waals surface area contributed by atoms with Crippen molar-refractivity contribution in [2.24, 2.45) is 10.2 Å². The summed E-state index contributed by atoms with van der Waals surface area (Å²) in [5.74, 6) is -0.623. The second-order valence-electron chi connectivity index (χ2n) is 11.8. The van der Waals surface area contributed by atoms with Crippen molar-refractivity contribution in [3.8, 4) is 5.75 Å². The van der Waals surface area contributed by atoms with Crippen molar-refractivity contribution in [3.05, 3.63) is 89.1 Å². The van der Waals surface area contributed by atoms with Crippen LogP contribution in [0.15, 0.2) is 83.0 Å². The lowest BCUT2D eigenvalue weighted by molar-refractivity contribution is -0.442. The zero-order chi connectivity index (χ0) is 31.4. The van der Waals surface area contributed by atoms with E-state index in [2.05, 4.69) is 63.1 Å². The standard InChI is InChI=1S/C33H40N6O4/c1-7-32(3,4)22-18-19-27(24(20-22)33(5,6)8-2)43-21-28(40)35-30-29(36-39(42)26-17-13-12-16-25(26)34)31(41)38(37-30)23-14-10-9-11-15-23/h9-20,29H,7-8,21,34H2,1-6H3,(H,35,37,40). The smallest absolute Gasteiger partial charge is 0.286 e. The van der Waals surface area contributed by atoms with Crippen LogP contribution in [0, 0.1) is 5.21 Å². The van der Waals surface area contributed by atoms with E-state index in [9.17, 15) is 14.8 Å². The molecule has 1 aliphatic rings. The minimum absolute atomic E-state index is 0.00929. The molecule has 10 heteroatoms. The molecule has 1 heterocycles. The summed E-state index contributed by atoms with van der Waals surface area (Å²) < 4.78 is 6.05. The average molecular weight is 585 g/mol. The van der Waals surface area contributed by atoms with Gasteiger partial charge in [-0.15, -0.1) is 5.10 Å². The topological polar surface area (TPSA) is 135 Å². The molecular weight excluding hydrogens is 544 g/mol. The van der Waals surface area contributed by atoms with Crippen molar-refractivity contribution in [2.45, 2.75) is 71.3 Å². The van der Waals surface area contributed by atoms with Crippen molar-refractivity contribution < 1.29 is 19.2 Å². The molecule has 0 fully saturated rings. The Balaban J connectivity index is 1.60. The van der Waals surface area contributed by atoms with Crippen molar-refractivity contribution in [1.29, 1.82) is 0 Å². The van der Waals surface area contributed by atoms with Crippen LogP contribution in [0.1, 0.15) is 65.5 Å². The fourth-order valence-electron chi connectivity index (χ4n) is 4.55. The van der Waals surface area contributed by atoms with Gasteiger partial charge in [0, 0.05) is 11.6 Å². The van der Waals surface area contributed by atoms with Gasteiger partial charge in [0.05, 0.1) is 5.69 Å². The number of para-hydroxylation sites is 3. The summed E-state index contributed by atoms with van der Waals surface area (Å²) >= 11 is 0. The Labute approximate surface area is 252 Å². The summed E-state index contributed by atoms with van der Waals surface area (Å²) in [5.41, 5.74) is 8.69. The molecule has 43 heavy (non-hydrogen) atoms. The van der Waals surface area contributed by atoms with Gasteiger partial charge in [0.25, 0.3) is 23.5 Å². The van der Waals surface area contributed by atoms with E-state index in [0.717, 1.165) is 23.4 Å². The van der Waals surface area contributed by atoms with Gasteiger partial charge in [-0.25, -0.2) is 0 Å². The van der Waals surface area contributed by atoms with Crippen molar-refractivity contribution in [3.63, 3.8) is 0 Å². The van der Waals surface area contributed by atoms with E-state index in [1.807, 2.05) is 12.1 Å². The maximum atomic E-state index is 13.4. The largest absolute Gasteiger partial charge is 0.594 e. The van der Waals surface area contributed by atoms with Gasteiger partial charge in [0.1, 0.15) is 11.4 Å². The van der Waals surface area contributed by atoms with Crippen LogP contribution < -0.4 is 20.8 Å². The molecule has 0 bridgehead atoms. The van der Waals surface area contributed by atoms with Crippen LogP contribution in [-0.4, -0.2) is 35.2 Å². The van der Waals surface area contributed by atoms with Gasteiger partial charge in [0.15, 0.2) is 12.4 Å². The Hall–Kier alpha value is -4.73. The van der Waals surface area contributed by atoms with Gasteiger partial charge < -0.3 is 21.0 Å². The lowest BCUT2D eigenvalue weighted by Crippen LogP contribution is -2.42. The number of anilines is 2. The molecule has 3 aromatic rings. The first-order valence-corrected chi connectivity index (χ1v) is 14.5. The molecule has 1 aliphatic heterocycles. The SMILES string of the molecule is CCC(C)(C)c1ccc(OCC(=O)NC2=NN(c3ccccc3)C(=O)C2N=[N+]([O-])c2ccccc2N)c(C(C)(C)CC)c1. The lowest BCUT2D eigenvalue weighted by atomic mass is 9.76. The molecule has 0 aliphatic carbocycles. The molecular formula is C33H40N6O4. The number of nitrogen functional groups attached to an aromatic ring is 1. The first-order valence-electron chi connectivity index (χ1n) is 14.5. The predicted molar refractivity (Wildman–Crippen MR) is 168 cm³/mol. The second kappa shape index (κ2) is 12.6. The van der Waals surface area contributed by atoms with E-state index in [0.29, 0.717) is 11.4 Å². The summed E-state index contributed by atoms with van der Waals surface area (Å²) in [7, 11) is 0. The number of azo groups is 1. The number of ether oxygens (including phenoxy) is 1. The number of rotatable bonds is 10. The number of hydrogen-bond acceptors (Lipinski definition) is 7. The number of nitrogens with one attached hydrogen (secondary N) is 1. The fourth-order valence-corrected chi connectivity index (χ4v) is 4.55. The monoisotopic (exact) mass is 584 g/mol. The number of amidine groups is 1. The summed E-state index contributed by atoms with van der Waals surface area (Å²) in [6.07, 6.45) is 1.85. The highest BCUT2D eigenvalue weighted by atomic mass is 16.5. The molecule has 10 nitrogen and oxygen atoms in total. The first kappa shape index (κ1) is 31.2. The Kier molecular flexibility index (Phi) is 9.18. The number of hydrogen-bond donors (Lipinski definition) is 2. The maximum Gasteiger partial charge on any atom is 0.286 e. The second-order valence-corrected chi connectivity index (χ2v) is 11.8. The highest BCUT2D eigenvalue weighted by Crippen LogP contribution is 2.38. The third-order valence-corrected chi connectivity index (χ3v) is 8.16. The number of nitrogens with two attached hydrogens (primary N) is 1. The van der Waals surface area contributed by atoms with E-state index in [4.69, 9.17) is 10.5 Å².